The number of thiocarbonyl (C=S) groups is 1. The number of aliphatic hydroxyl groups is 1. The summed E-state index contributed by atoms with van der Waals surface area (Å²) >= 11 is 5.75. The van der Waals surface area contributed by atoms with Gasteiger partial charge >= 0.3 is 0 Å². The molecule has 0 bridgehead atoms. The zero-order valence-electron chi connectivity index (χ0n) is 30.7. The molecule has 10 heteroatoms. The molecular weight excluding hydrogens is 673 g/mol. The fourth-order valence-electron chi connectivity index (χ4n) is 7.12. The Kier molecular flexibility index (Phi) is 16.7. The predicted molar refractivity (Wildman–Crippen MR) is 198 cm³/mol. The molecule has 1 amide bonds. The van der Waals surface area contributed by atoms with E-state index >= 15 is 0 Å². The first-order valence-electron chi connectivity index (χ1n) is 18.5. The second-order valence-electron chi connectivity index (χ2n) is 14.1. The molecule has 51 heavy (non-hydrogen) atoms. The molecule has 1 aliphatic heterocycles. The second-order valence-corrected chi connectivity index (χ2v) is 14.4. The summed E-state index contributed by atoms with van der Waals surface area (Å²) < 4.78 is 40.3. The van der Waals surface area contributed by atoms with E-state index in [4.69, 9.17) is 21.7 Å². The zero-order chi connectivity index (χ0) is 37.5. The summed E-state index contributed by atoms with van der Waals surface area (Å²) in [6, 6.07) is 18.2. The largest absolute Gasteiger partial charge is 0.547 e. The first kappa shape index (κ1) is 42.2. The summed E-state index contributed by atoms with van der Waals surface area (Å²) in [5.74, 6) is -7.01. The number of carboxylic acids is 1. The van der Waals surface area contributed by atoms with Gasteiger partial charge in [0.05, 0.1) is 17.9 Å². The van der Waals surface area contributed by atoms with Crippen LogP contribution in [0.4, 0.5) is 8.78 Å². The number of hydrogen-bond acceptors (Lipinski definition) is 7. The van der Waals surface area contributed by atoms with Gasteiger partial charge in [-0.2, -0.15) is 0 Å². The molecule has 0 radical (unpaired) electrons. The topological polar surface area (TPSA) is 99.1 Å². The van der Waals surface area contributed by atoms with Crippen molar-refractivity contribution in [3.63, 3.8) is 0 Å². The molecule has 0 saturated carbocycles. The number of carbonyl (C=O) groups excluding carboxylic acids is 2. The number of allylic oxidation sites excluding steroid dienone is 1. The molecule has 1 N–H and O–H groups in total. The van der Waals surface area contributed by atoms with Gasteiger partial charge in [-0.25, -0.2) is 8.78 Å². The van der Waals surface area contributed by atoms with Gasteiger partial charge in [0.15, 0.2) is 5.60 Å². The minimum atomic E-state index is -2.65. The Morgan fingerprint density at radius 2 is 1.47 bits per heavy atom. The van der Waals surface area contributed by atoms with Crippen LogP contribution in [0.2, 0.25) is 0 Å². The Morgan fingerprint density at radius 1 is 0.941 bits per heavy atom. The van der Waals surface area contributed by atoms with E-state index in [1.165, 1.54) is 18.1 Å². The number of amides is 1. The van der Waals surface area contributed by atoms with Crippen molar-refractivity contribution in [3.05, 3.63) is 83.9 Å². The average molecular weight is 729 g/mol. The Bertz CT molecular complexity index is 1370. The lowest BCUT2D eigenvalue weighted by Gasteiger charge is -2.40. The van der Waals surface area contributed by atoms with E-state index in [9.17, 15) is 28.6 Å². The van der Waals surface area contributed by atoms with E-state index in [0.717, 1.165) is 36.8 Å². The van der Waals surface area contributed by atoms with E-state index < -0.39 is 47.4 Å². The van der Waals surface area contributed by atoms with E-state index in [1.807, 2.05) is 74.5 Å². The van der Waals surface area contributed by atoms with E-state index in [1.54, 1.807) is 6.08 Å². The Hall–Kier alpha value is -3.21. The molecule has 282 valence electrons. The third kappa shape index (κ3) is 10.9. The smallest absolute Gasteiger partial charge is 0.267 e. The lowest BCUT2D eigenvalue weighted by Crippen LogP contribution is -2.60. The van der Waals surface area contributed by atoms with Crippen LogP contribution in [0.15, 0.2) is 72.8 Å². The van der Waals surface area contributed by atoms with Gasteiger partial charge in [0, 0.05) is 44.1 Å². The minimum Gasteiger partial charge on any atom is -0.547 e. The molecule has 0 spiro atoms. The molecule has 1 fully saturated rings. The van der Waals surface area contributed by atoms with Gasteiger partial charge in [-0.15, -0.1) is 0 Å². The summed E-state index contributed by atoms with van der Waals surface area (Å²) in [7, 11) is 1.37. The van der Waals surface area contributed by atoms with Crippen LogP contribution in [0.5, 0.6) is 0 Å². The fourth-order valence-corrected chi connectivity index (χ4v) is 7.45. The maximum atomic E-state index is 14.7. The van der Waals surface area contributed by atoms with Gasteiger partial charge in [0.2, 0.25) is 11.8 Å². The van der Waals surface area contributed by atoms with Crippen molar-refractivity contribution in [2.24, 2.45) is 11.8 Å². The standard InChI is InChI=1S/C41H57F2NO6S/c1-5-6-7-11-20-27-39(42,43)28-21-12-9-8-10-19-26-34(40(48,37(46)47)29-30-49-4)36(45)44-35(31(2)3)41(50-38(44)51,32-22-15-13-16-23-32)33-24-17-14-18-25-33/h13-19,22-26,31,34-35,48H,5-12,20-21,27-30H2,1-4H3,(H,46,47)/p-1/b26-19+/t34-,35+,40+/m1/s1. The molecule has 3 rings (SSSR count). The number of halogens is 2. The summed E-state index contributed by atoms with van der Waals surface area (Å²) in [5.41, 5.74) is -2.30. The molecule has 1 heterocycles. The van der Waals surface area contributed by atoms with Crippen molar-refractivity contribution in [3.8, 4) is 0 Å². The van der Waals surface area contributed by atoms with Crippen molar-refractivity contribution in [2.45, 2.75) is 127 Å². The van der Waals surface area contributed by atoms with Crippen molar-refractivity contribution in [2.75, 3.05) is 13.7 Å². The molecular formula is C41H56F2NO6S-. The lowest BCUT2D eigenvalue weighted by atomic mass is 9.75. The van der Waals surface area contributed by atoms with E-state index in [-0.39, 0.29) is 30.5 Å². The highest BCUT2D eigenvalue weighted by atomic mass is 32.1. The van der Waals surface area contributed by atoms with Crippen LogP contribution in [-0.4, -0.2) is 58.3 Å². The Labute approximate surface area is 308 Å². The molecule has 0 aromatic heterocycles. The maximum Gasteiger partial charge on any atom is 0.267 e. The second kappa shape index (κ2) is 20.1. The van der Waals surface area contributed by atoms with Gasteiger partial charge in [0.25, 0.3) is 5.17 Å². The number of nitrogens with zero attached hydrogens (tertiary/aromatic N) is 1. The highest BCUT2D eigenvalue weighted by Crippen LogP contribution is 2.48. The quantitative estimate of drug-likeness (QED) is 0.0701. The molecule has 3 atom stereocenters. The average Bonchev–Trinajstić information content (AvgIpc) is 3.44. The number of hydrogen-bond donors (Lipinski definition) is 1. The van der Waals surface area contributed by atoms with Crippen LogP contribution in [0.1, 0.15) is 115 Å². The van der Waals surface area contributed by atoms with Gasteiger partial charge < -0.3 is 24.5 Å². The lowest BCUT2D eigenvalue weighted by molar-refractivity contribution is -0.327. The zero-order valence-corrected chi connectivity index (χ0v) is 31.5. The van der Waals surface area contributed by atoms with Gasteiger partial charge in [-0.05, 0) is 43.8 Å². The monoisotopic (exact) mass is 728 g/mol. The normalized spacial score (nSPS) is 17.8. The highest BCUT2D eigenvalue weighted by molar-refractivity contribution is 7.80. The number of alkyl halides is 2. The van der Waals surface area contributed by atoms with Crippen LogP contribution in [-0.2, 0) is 24.7 Å². The Morgan fingerprint density at radius 3 is 1.96 bits per heavy atom. The molecule has 1 aliphatic rings. The SMILES string of the molecule is CCCCCCCC(F)(F)CCCCCC/C=C/[C@H](C(=O)N1C(=S)OC(c2ccccc2)(c2ccccc2)[C@@H]1C(C)C)[C@@](O)(CCOC)C(=O)[O-]. The highest BCUT2D eigenvalue weighted by Gasteiger charge is 2.59. The van der Waals surface area contributed by atoms with Crippen LogP contribution in [0.25, 0.3) is 0 Å². The number of carbonyl (C=O) groups is 2. The summed E-state index contributed by atoms with van der Waals surface area (Å²) in [5, 5.41) is 24.1. The molecule has 2 aromatic carbocycles. The summed E-state index contributed by atoms with van der Waals surface area (Å²) in [4.78, 5) is 28.6. The third-order valence-electron chi connectivity index (χ3n) is 9.87. The molecule has 1 saturated heterocycles. The number of rotatable bonds is 23. The third-order valence-corrected chi connectivity index (χ3v) is 10.2. The van der Waals surface area contributed by atoms with Crippen molar-refractivity contribution >= 4 is 29.3 Å². The number of benzene rings is 2. The molecule has 0 aliphatic carbocycles. The van der Waals surface area contributed by atoms with Gasteiger partial charge in [-0.1, -0.05) is 132 Å². The number of unbranched alkanes of at least 4 members (excludes halogenated alkanes) is 8. The first-order valence-corrected chi connectivity index (χ1v) is 18.9. The van der Waals surface area contributed by atoms with Gasteiger partial charge in [-0.3, -0.25) is 9.69 Å². The van der Waals surface area contributed by atoms with Crippen LogP contribution < -0.4 is 5.11 Å². The summed E-state index contributed by atoms with van der Waals surface area (Å²) in [6.45, 7) is 5.83. The first-order chi connectivity index (χ1) is 24.4. The van der Waals surface area contributed by atoms with Crippen LogP contribution in [0, 0.1) is 11.8 Å². The van der Waals surface area contributed by atoms with E-state index in [0.29, 0.717) is 38.5 Å². The predicted octanol–water partition coefficient (Wildman–Crippen LogP) is 8.12. The van der Waals surface area contributed by atoms with Crippen LogP contribution >= 0.6 is 12.2 Å². The Balaban J connectivity index is 1.82. The van der Waals surface area contributed by atoms with Crippen molar-refractivity contribution in [1.29, 1.82) is 0 Å². The summed E-state index contributed by atoms with van der Waals surface area (Å²) in [6.07, 6.45) is 9.86. The fraction of sp³-hybridized carbons (Fsp3) is 0.585. The van der Waals surface area contributed by atoms with Crippen LogP contribution in [0.3, 0.4) is 0 Å². The van der Waals surface area contributed by atoms with Crippen molar-refractivity contribution in [1.82, 2.24) is 4.90 Å². The molecule has 2 aromatic rings. The number of ether oxygens (including phenoxy) is 2. The maximum absolute atomic E-state index is 14.7. The number of methoxy groups -OCH3 is 1. The minimum absolute atomic E-state index is 0.0692. The van der Waals surface area contributed by atoms with Gasteiger partial charge in [0.1, 0.15) is 5.60 Å². The molecule has 0 unspecified atom stereocenters. The van der Waals surface area contributed by atoms with Crippen molar-refractivity contribution < 1.29 is 38.1 Å². The molecule has 7 nitrogen and oxygen atoms in total. The van der Waals surface area contributed by atoms with E-state index in [2.05, 4.69) is 6.92 Å². The number of aliphatic carboxylic acids is 1. The number of carboxylic acid groups (broad SMARTS) is 1.